The molecular formula is C18H14ClFN3O3S-. The van der Waals surface area contributed by atoms with Gasteiger partial charge in [-0.05, 0) is 54.8 Å². The number of hydrogen-bond donors (Lipinski definition) is 1. The van der Waals surface area contributed by atoms with Crippen LogP contribution in [0.4, 0.5) is 4.39 Å². The lowest BCUT2D eigenvalue weighted by atomic mass is 10.0. The van der Waals surface area contributed by atoms with Crippen LogP contribution < -0.4 is 4.72 Å². The van der Waals surface area contributed by atoms with Crippen LogP contribution in [-0.4, -0.2) is 31.1 Å². The Balaban J connectivity index is 1.88. The maximum absolute atomic E-state index is 14.0. The van der Waals surface area contributed by atoms with Crippen LogP contribution in [0, 0.1) is 5.82 Å². The third kappa shape index (κ3) is 4.72. The van der Waals surface area contributed by atoms with Gasteiger partial charge >= 0.3 is 0 Å². The van der Waals surface area contributed by atoms with E-state index >= 15 is 0 Å². The number of pyridine rings is 2. The van der Waals surface area contributed by atoms with E-state index in [4.69, 9.17) is 11.6 Å². The molecule has 1 atom stereocenters. The number of carbonyl (C=O) groups excluding carboxylic acids is 1. The van der Waals surface area contributed by atoms with Crippen LogP contribution in [0.3, 0.4) is 0 Å². The summed E-state index contributed by atoms with van der Waals surface area (Å²) in [5.74, 6) is -1.09. The first kappa shape index (κ1) is 19.5. The van der Waals surface area contributed by atoms with E-state index < -0.39 is 22.9 Å². The molecule has 0 saturated heterocycles. The first-order chi connectivity index (χ1) is 13.0. The number of nitrogens with one attached hydrogen (secondary N) is 1. The lowest BCUT2D eigenvalue weighted by Gasteiger charge is -2.11. The molecule has 0 fully saturated rings. The van der Waals surface area contributed by atoms with Crippen LogP contribution in [0.1, 0.15) is 28.0 Å². The summed E-state index contributed by atoms with van der Waals surface area (Å²) in [6, 6.07) is 8.94. The molecule has 0 saturated carbocycles. The van der Waals surface area contributed by atoms with Crippen molar-refractivity contribution >= 4 is 39.7 Å². The molecule has 1 unspecified atom stereocenters. The Kier molecular flexibility index (Phi) is 6.22. The second-order valence-electron chi connectivity index (χ2n) is 5.73. The summed E-state index contributed by atoms with van der Waals surface area (Å²) in [6.07, 6.45) is 2.35. The number of aromatic nitrogens is 2. The van der Waals surface area contributed by atoms with Gasteiger partial charge in [-0.15, -0.1) is 0 Å². The fourth-order valence-corrected chi connectivity index (χ4v) is 3.25. The number of halogens is 2. The van der Waals surface area contributed by atoms with Crippen molar-refractivity contribution in [3.63, 3.8) is 0 Å². The van der Waals surface area contributed by atoms with Gasteiger partial charge in [0.05, 0.1) is 16.1 Å². The third-order valence-corrected chi connectivity index (χ3v) is 4.78. The lowest BCUT2D eigenvalue weighted by molar-refractivity contribution is 0.103. The Morgan fingerprint density at radius 3 is 2.85 bits per heavy atom. The highest BCUT2D eigenvalue weighted by Crippen LogP contribution is 2.26. The number of nitrogens with zero attached hydrogens (tertiary/aromatic N) is 2. The quantitative estimate of drug-likeness (QED) is 0.370. The zero-order valence-electron chi connectivity index (χ0n) is 13.9. The second-order valence-corrected chi connectivity index (χ2v) is 6.86. The minimum absolute atomic E-state index is 0.0165. The van der Waals surface area contributed by atoms with Gasteiger partial charge in [0.2, 0.25) is 5.78 Å². The fraction of sp³-hybridized carbons (Fsp3) is 0.167. The summed E-state index contributed by atoms with van der Waals surface area (Å²) in [5, 5.41) is 0.137. The first-order valence-electron chi connectivity index (χ1n) is 8.03. The Hall–Kier alpha value is -2.26. The predicted molar refractivity (Wildman–Crippen MR) is 99.6 cm³/mol. The third-order valence-electron chi connectivity index (χ3n) is 3.89. The van der Waals surface area contributed by atoms with Gasteiger partial charge in [0, 0.05) is 29.6 Å². The molecule has 6 nitrogen and oxygen atoms in total. The van der Waals surface area contributed by atoms with Crippen molar-refractivity contribution in [3.8, 4) is 0 Å². The smallest absolute Gasteiger partial charge is 0.212 e. The molecule has 0 aliphatic carbocycles. The number of ketones is 1. The van der Waals surface area contributed by atoms with Gasteiger partial charge in [0.25, 0.3) is 0 Å². The Labute approximate surface area is 162 Å². The maximum Gasteiger partial charge on any atom is 0.212 e. The standard InChI is InChI=1S/C18H15ClFN3O3S/c19-17-11(3-1-8-22-27(25)26)9-12(20)10-13(17)18(24)16-6-5-14-15(23-16)4-2-7-21-14/h2,4-7,9-10,22H,1,3,8H2,(H,25,26)/p-1. The summed E-state index contributed by atoms with van der Waals surface area (Å²) >= 11 is 3.96. The molecule has 0 spiro atoms. The van der Waals surface area contributed by atoms with Crippen LogP contribution in [0.15, 0.2) is 42.6 Å². The van der Waals surface area contributed by atoms with E-state index in [0.29, 0.717) is 29.4 Å². The maximum atomic E-state index is 14.0. The van der Waals surface area contributed by atoms with Gasteiger partial charge in [0.1, 0.15) is 11.5 Å². The molecule has 3 rings (SSSR count). The molecule has 3 aromatic rings. The zero-order valence-corrected chi connectivity index (χ0v) is 15.5. The lowest BCUT2D eigenvalue weighted by Crippen LogP contribution is -2.18. The minimum Gasteiger partial charge on any atom is -0.760 e. The van der Waals surface area contributed by atoms with E-state index in [1.54, 1.807) is 24.4 Å². The Bertz CT molecular complexity index is 1030. The average molecular weight is 407 g/mol. The van der Waals surface area contributed by atoms with Crippen LogP contribution >= 0.6 is 11.6 Å². The number of hydrogen-bond acceptors (Lipinski definition) is 5. The Morgan fingerprint density at radius 1 is 1.26 bits per heavy atom. The molecule has 0 bridgehead atoms. The molecule has 27 heavy (non-hydrogen) atoms. The monoisotopic (exact) mass is 406 g/mol. The molecular weight excluding hydrogens is 393 g/mol. The molecule has 0 aliphatic rings. The largest absolute Gasteiger partial charge is 0.760 e. The van der Waals surface area contributed by atoms with Gasteiger partial charge < -0.3 is 4.55 Å². The van der Waals surface area contributed by atoms with E-state index in [1.165, 1.54) is 12.1 Å². The van der Waals surface area contributed by atoms with Crippen LogP contribution in [0.25, 0.3) is 11.0 Å². The molecule has 1 aromatic carbocycles. The van der Waals surface area contributed by atoms with Crippen molar-refractivity contribution in [1.82, 2.24) is 14.7 Å². The average Bonchev–Trinajstić information content (AvgIpc) is 2.66. The molecule has 0 aliphatic heterocycles. The van der Waals surface area contributed by atoms with Crippen molar-refractivity contribution in [3.05, 3.63) is 70.3 Å². The molecule has 0 amide bonds. The summed E-state index contributed by atoms with van der Waals surface area (Å²) in [6.45, 7) is 0.186. The van der Waals surface area contributed by atoms with Crippen molar-refractivity contribution in [2.45, 2.75) is 12.8 Å². The highest BCUT2D eigenvalue weighted by Gasteiger charge is 2.19. The van der Waals surface area contributed by atoms with E-state index in [0.717, 1.165) is 6.07 Å². The van der Waals surface area contributed by atoms with Crippen LogP contribution in [-0.2, 0) is 17.7 Å². The van der Waals surface area contributed by atoms with E-state index in [1.807, 2.05) is 0 Å². The van der Waals surface area contributed by atoms with Gasteiger partial charge in [-0.1, -0.05) is 11.6 Å². The second kappa shape index (κ2) is 8.62. The molecule has 140 valence electrons. The highest BCUT2D eigenvalue weighted by molar-refractivity contribution is 7.77. The number of fused-ring (bicyclic) bond motifs is 1. The molecule has 9 heteroatoms. The summed E-state index contributed by atoms with van der Waals surface area (Å²) < 4.78 is 37.2. The Morgan fingerprint density at radius 2 is 2.07 bits per heavy atom. The van der Waals surface area contributed by atoms with Gasteiger partial charge in [-0.3, -0.25) is 14.0 Å². The van der Waals surface area contributed by atoms with E-state index in [2.05, 4.69) is 14.7 Å². The van der Waals surface area contributed by atoms with Crippen LogP contribution in [0.2, 0.25) is 5.02 Å². The topological polar surface area (TPSA) is 95.0 Å². The SMILES string of the molecule is O=C(c1ccc2ncccc2n1)c1cc(F)cc(CCCNS(=O)[O-])c1Cl. The number of aryl methyl sites for hydroxylation is 1. The molecule has 0 radical (unpaired) electrons. The zero-order chi connectivity index (χ0) is 19.4. The van der Waals surface area contributed by atoms with E-state index in [9.17, 15) is 17.9 Å². The van der Waals surface area contributed by atoms with E-state index in [-0.39, 0.29) is 22.8 Å². The van der Waals surface area contributed by atoms with Crippen molar-refractivity contribution < 1.29 is 17.9 Å². The summed E-state index contributed by atoms with van der Waals surface area (Å²) in [7, 11) is 0. The minimum atomic E-state index is -2.36. The molecule has 2 aromatic heterocycles. The van der Waals surface area contributed by atoms with Crippen molar-refractivity contribution in [1.29, 1.82) is 0 Å². The number of rotatable bonds is 7. The predicted octanol–water partition coefficient (Wildman–Crippen LogP) is 2.97. The highest BCUT2D eigenvalue weighted by atomic mass is 35.5. The van der Waals surface area contributed by atoms with Crippen molar-refractivity contribution in [2.24, 2.45) is 0 Å². The van der Waals surface area contributed by atoms with Crippen LogP contribution in [0.5, 0.6) is 0 Å². The summed E-state index contributed by atoms with van der Waals surface area (Å²) in [4.78, 5) is 21.2. The van der Waals surface area contributed by atoms with Gasteiger partial charge in [-0.2, -0.15) is 0 Å². The van der Waals surface area contributed by atoms with Crippen molar-refractivity contribution in [2.75, 3.05) is 6.54 Å². The number of benzene rings is 1. The fourth-order valence-electron chi connectivity index (χ4n) is 2.65. The summed E-state index contributed by atoms with van der Waals surface area (Å²) in [5.41, 5.74) is 1.78. The number of carbonyl (C=O) groups is 1. The molecule has 1 N–H and O–H groups in total. The van der Waals surface area contributed by atoms with Gasteiger partial charge in [0.15, 0.2) is 0 Å². The molecule has 2 heterocycles. The normalized spacial score (nSPS) is 12.3. The first-order valence-corrected chi connectivity index (χ1v) is 9.48. The van der Waals surface area contributed by atoms with Gasteiger partial charge in [-0.25, -0.2) is 14.1 Å².